The number of halogens is 2. The Labute approximate surface area is 181 Å². The summed E-state index contributed by atoms with van der Waals surface area (Å²) in [6.45, 7) is -1.69. The van der Waals surface area contributed by atoms with Crippen LogP contribution in [0, 0.1) is 33.2 Å². The third-order valence-electron chi connectivity index (χ3n) is 4.75. The Kier molecular flexibility index (Phi) is 4.33. The van der Waals surface area contributed by atoms with Crippen molar-refractivity contribution < 1.29 is 13.4 Å². The smallest absolute Gasteiger partial charge is 0.285 e. The summed E-state index contributed by atoms with van der Waals surface area (Å²) >= 11 is 5.82. The highest BCUT2D eigenvalue weighted by Crippen LogP contribution is 2.32. The van der Waals surface area contributed by atoms with E-state index in [0.717, 1.165) is 0 Å². The van der Waals surface area contributed by atoms with E-state index in [1.54, 1.807) is 6.07 Å². The number of hydrogen-bond acceptors (Lipinski definition) is 6. The average molecular weight is 429 g/mol. The predicted octanol–water partition coefficient (Wildman–Crippen LogP) is 4.43. The minimum absolute atomic E-state index is 0.0293. The second-order valence-electron chi connectivity index (χ2n) is 6.85. The van der Waals surface area contributed by atoms with Crippen molar-refractivity contribution in [2.75, 3.05) is 18.4 Å². The van der Waals surface area contributed by atoms with Gasteiger partial charge in [-0.2, -0.15) is 0 Å². The molecule has 0 bridgehead atoms. The monoisotopic (exact) mass is 428 g/mol. The van der Waals surface area contributed by atoms with Crippen LogP contribution in [0.5, 0.6) is 0 Å². The van der Waals surface area contributed by atoms with E-state index in [4.69, 9.17) is 15.7 Å². The maximum absolute atomic E-state index is 14.3. The van der Waals surface area contributed by atoms with Crippen LogP contribution in [0.2, 0.25) is 5.02 Å². The molecular formula is C21H17ClFN5O2. The fourth-order valence-electron chi connectivity index (χ4n) is 3.16. The Bertz CT molecular complexity index is 1320. The zero-order chi connectivity index (χ0) is 23.8. The number of nitrogens with zero attached hydrogens (tertiary/aromatic N) is 3. The summed E-state index contributed by atoms with van der Waals surface area (Å²) in [7, 11) is 0. The van der Waals surface area contributed by atoms with Crippen LogP contribution in [0.4, 0.5) is 21.6 Å². The molecule has 0 spiro atoms. The maximum atomic E-state index is 14.3. The standard InChI is InChI=1S/C21H17ClFN5O2/c1-21(7-8-24-11-21)6-5-13-9-17-14(10-18(13)28(29)30)20(26-12-25-17)27-16-4-2-3-15(22)19(16)23/h2-4,9-10,12,24H,7-8,11H2,1H3,(H,25,26,27)/i1D3. The van der Waals surface area contributed by atoms with Crippen molar-refractivity contribution in [3.8, 4) is 11.8 Å². The number of benzene rings is 2. The molecule has 0 radical (unpaired) electrons. The van der Waals surface area contributed by atoms with E-state index in [-0.39, 0.29) is 39.7 Å². The molecule has 1 atom stereocenters. The molecule has 1 aliphatic rings. The van der Waals surface area contributed by atoms with E-state index in [1.165, 1.54) is 30.6 Å². The van der Waals surface area contributed by atoms with E-state index >= 15 is 0 Å². The van der Waals surface area contributed by atoms with Gasteiger partial charge in [-0.15, -0.1) is 0 Å². The largest absolute Gasteiger partial charge is 0.337 e. The number of nitro benzene ring substituents is 1. The average Bonchev–Trinajstić information content (AvgIpc) is 3.25. The van der Waals surface area contributed by atoms with Gasteiger partial charge in [0.2, 0.25) is 0 Å². The molecule has 2 N–H and O–H groups in total. The number of fused-ring (bicyclic) bond motifs is 1. The minimum atomic E-state index is -2.35. The summed E-state index contributed by atoms with van der Waals surface area (Å²) in [6, 6.07) is 7.03. The van der Waals surface area contributed by atoms with E-state index in [2.05, 4.69) is 32.4 Å². The molecule has 1 aliphatic heterocycles. The maximum Gasteiger partial charge on any atom is 0.285 e. The van der Waals surface area contributed by atoms with Gasteiger partial charge in [-0.25, -0.2) is 14.4 Å². The predicted molar refractivity (Wildman–Crippen MR) is 113 cm³/mol. The van der Waals surface area contributed by atoms with Crippen molar-refractivity contribution in [3.63, 3.8) is 0 Å². The van der Waals surface area contributed by atoms with E-state index in [1.807, 2.05) is 0 Å². The molecule has 1 unspecified atom stereocenters. The van der Waals surface area contributed by atoms with Gasteiger partial charge in [-0.05, 0) is 38.0 Å². The number of nitrogens with one attached hydrogen (secondary N) is 2. The Hall–Kier alpha value is -3.28. The fourth-order valence-corrected chi connectivity index (χ4v) is 3.33. The number of hydrogen-bond donors (Lipinski definition) is 2. The van der Waals surface area contributed by atoms with Gasteiger partial charge >= 0.3 is 0 Å². The highest BCUT2D eigenvalue weighted by molar-refractivity contribution is 6.31. The van der Waals surface area contributed by atoms with E-state index < -0.39 is 23.0 Å². The molecule has 3 aromatic rings. The third-order valence-corrected chi connectivity index (χ3v) is 5.04. The summed E-state index contributed by atoms with van der Waals surface area (Å²) in [4.78, 5) is 19.4. The molecule has 2 heterocycles. The summed E-state index contributed by atoms with van der Waals surface area (Å²) in [5.74, 6) is 4.94. The van der Waals surface area contributed by atoms with E-state index in [0.29, 0.717) is 18.5 Å². The highest BCUT2D eigenvalue weighted by atomic mass is 35.5. The van der Waals surface area contributed by atoms with Crippen molar-refractivity contribution in [2.45, 2.75) is 13.3 Å². The summed E-state index contributed by atoms with van der Waals surface area (Å²) in [5.41, 5.74) is -1.24. The first-order valence-corrected chi connectivity index (χ1v) is 9.37. The second kappa shape index (κ2) is 7.86. The zero-order valence-electron chi connectivity index (χ0n) is 18.5. The fraction of sp³-hybridized carbons (Fsp3) is 0.238. The second-order valence-corrected chi connectivity index (χ2v) is 7.26. The van der Waals surface area contributed by atoms with Crippen LogP contribution in [0.15, 0.2) is 36.7 Å². The molecular weight excluding hydrogens is 409 g/mol. The lowest BCUT2D eigenvalue weighted by atomic mass is 9.90. The molecule has 9 heteroatoms. The lowest BCUT2D eigenvalue weighted by Gasteiger charge is -2.13. The molecule has 2 aromatic carbocycles. The molecule has 30 heavy (non-hydrogen) atoms. The number of nitro groups is 1. The van der Waals surface area contributed by atoms with Crippen molar-refractivity contribution in [1.82, 2.24) is 15.3 Å². The Balaban J connectivity index is 1.82. The van der Waals surface area contributed by atoms with Crippen molar-refractivity contribution >= 4 is 39.7 Å². The molecule has 7 nitrogen and oxygen atoms in total. The topological polar surface area (TPSA) is 93.0 Å². The van der Waals surface area contributed by atoms with Crippen LogP contribution < -0.4 is 10.6 Å². The lowest BCUT2D eigenvalue weighted by Crippen LogP contribution is -2.17. The molecule has 1 fully saturated rings. The van der Waals surface area contributed by atoms with Crippen molar-refractivity contribution in [2.24, 2.45) is 5.41 Å². The van der Waals surface area contributed by atoms with E-state index in [9.17, 15) is 14.5 Å². The van der Waals surface area contributed by atoms with Crippen LogP contribution >= 0.6 is 11.6 Å². The van der Waals surface area contributed by atoms with Gasteiger partial charge in [0.1, 0.15) is 17.7 Å². The highest BCUT2D eigenvalue weighted by Gasteiger charge is 2.26. The molecule has 0 aliphatic carbocycles. The zero-order valence-corrected chi connectivity index (χ0v) is 16.3. The minimum Gasteiger partial charge on any atom is -0.337 e. The summed E-state index contributed by atoms with van der Waals surface area (Å²) in [6.07, 6.45) is 1.53. The summed E-state index contributed by atoms with van der Waals surface area (Å²) < 4.78 is 37.9. The first-order valence-electron chi connectivity index (χ1n) is 10.5. The quantitative estimate of drug-likeness (QED) is 0.364. The SMILES string of the molecule is [2H]C([2H])([2H])C1(C#Cc2cc3ncnc(Nc4cccc(Cl)c4F)c3cc2[N+](=O)[O-])CCNC1. The lowest BCUT2D eigenvalue weighted by molar-refractivity contribution is -0.385. The van der Waals surface area contributed by atoms with Crippen LogP contribution in [0.25, 0.3) is 10.9 Å². The van der Waals surface area contributed by atoms with Gasteiger partial charge in [0, 0.05) is 27.5 Å². The molecule has 1 saturated heterocycles. The van der Waals surface area contributed by atoms with Gasteiger partial charge < -0.3 is 10.6 Å². The van der Waals surface area contributed by atoms with Crippen LogP contribution in [0.3, 0.4) is 0 Å². The third kappa shape index (κ3) is 3.90. The molecule has 152 valence electrons. The molecule has 0 saturated carbocycles. The Morgan fingerprint density at radius 2 is 2.30 bits per heavy atom. The molecule has 0 amide bonds. The van der Waals surface area contributed by atoms with Crippen molar-refractivity contribution in [1.29, 1.82) is 0 Å². The first kappa shape index (κ1) is 16.5. The summed E-state index contributed by atoms with van der Waals surface area (Å²) in [5, 5.41) is 17.7. The van der Waals surface area contributed by atoms with Gasteiger partial charge in [0.25, 0.3) is 5.69 Å². The number of anilines is 2. The number of rotatable bonds is 3. The number of aromatic nitrogens is 2. The van der Waals surface area contributed by atoms with Crippen LogP contribution in [0.1, 0.15) is 22.9 Å². The van der Waals surface area contributed by atoms with Gasteiger partial charge in [-0.1, -0.05) is 29.5 Å². The Morgan fingerprint density at radius 3 is 3.03 bits per heavy atom. The first-order chi connectivity index (χ1) is 15.6. The van der Waals surface area contributed by atoms with Crippen molar-refractivity contribution in [3.05, 3.63) is 63.2 Å². The Morgan fingerprint density at radius 1 is 1.43 bits per heavy atom. The van der Waals surface area contributed by atoms with Gasteiger partial charge in [0.05, 0.1) is 21.2 Å². The molecule has 4 rings (SSSR count). The van der Waals surface area contributed by atoms with Gasteiger partial charge in [0.15, 0.2) is 5.82 Å². The van der Waals surface area contributed by atoms with Gasteiger partial charge in [-0.3, -0.25) is 10.1 Å². The van der Waals surface area contributed by atoms with Crippen LogP contribution in [-0.2, 0) is 0 Å². The van der Waals surface area contributed by atoms with Crippen LogP contribution in [-0.4, -0.2) is 28.0 Å². The normalized spacial score (nSPS) is 20.0. The molecule has 1 aromatic heterocycles.